The highest BCUT2D eigenvalue weighted by Crippen LogP contribution is 2.32. The lowest BCUT2D eigenvalue weighted by molar-refractivity contribution is 0.0728. The SMILES string of the molecule is Cc1noc(C)c1COc1ccc(C(=O)N(Cc2c(F)cccc2Cl)C2CC2)cc1. The molecule has 30 heavy (non-hydrogen) atoms. The molecule has 1 heterocycles. The monoisotopic (exact) mass is 428 g/mol. The molecule has 1 saturated carbocycles. The van der Waals surface area contributed by atoms with Gasteiger partial charge in [0.1, 0.15) is 23.9 Å². The minimum absolute atomic E-state index is 0.114. The summed E-state index contributed by atoms with van der Waals surface area (Å²) in [5, 5.41) is 4.24. The van der Waals surface area contributed by atoms with Crippen molar-refractivity contribution in [3.05, 3.63) is 81.4 Å². The van der Waals surface area contributed by atoms with Crippen LogP contribution in [0.15, 0.2) is 47.0 Å². The molecule has 3 aromatic rings. The molecule has 0 bridgehead atoms. The van der Waals surface area contributed by atoms with Crippen LogP contribution in [0.2, 0.25) is 5.02 Å². The van der Waals surface area contributed by atoms with Crippen molar-refractivity contribution in [1.82, 2.24) is 10.1 Å². The van der Waals surface area contributed by atoms with Crippen molar-refractivity contribution in [2.75, 3.05) is 0 Å². The van der Waals surface area contributed by atoms with Gasteiger partial charge in [-0.1, -0.05) is 22.8 Å². The van der Waals surface area contributed by atoms with E-state index in [4.69, 9.17) is 20.9 Å². The fourth-order valence-corrected chi connectivity index (χ4v) is 3.55. The quantitative estimate of drug-likeness (QED) is 0.501. The third-order valence-electron chi connectivity index (χ3n) is 5.30. The molecular weight excluding hydrogens is 407 g/mol. The molecule has 0 saturated heterocycles. The Bertz CT molecular complexity index is 1020. The van der Waals surface area contributed by atoms with Gasteiger partial charge >= 0.3 is 0 Å². The Labute approximate surface area is 179 Å². The zero-order valence-electron chi connectivity index (χ0n) is 16.8. The number of nitrogens with zero attached hydrogens (tertiary/aromatic N) is 2. The second-order valence-corrected chi connectivity index (χ2v) is 7.89. The molecule has 0 radical (unpaired) electrons. The van der Waals surface area contributed by atoms with Crippen LogP contribution >= 0.6 is 11.6 Å². The van der Waals surface area contributed by atoms with Crippen LogP contribution in [0.4, 0.5) is 4.39 Å². The van der Waals surface area contributed by atoms with Crippen LogP contribution in [-0.2, 0) is 13.2 Å². The van der Waals surface area contributed by atoms with Crippen molar-refractivity contribution in [2.45, 2.75) is 45.9 Å². The minimum Gasteiger partial charge on any atom is -0.489 e. The second kappa shape index (κ2) is 8.48. The first-order chi connectivity index (χ1) is 14.4. The molecule has 1 aliphatic rings. The number of hydrogen-bond donors (Lipinski definition) is 0. The fraction of sp³-hybridized carbons (Fsp3) is 0.304. The van der Waals surface area contributed by atoms with Crippen LogP contribution in [0.5, 0.6) is 5.75 Å². The second-order valence-electron chi connectivity index (χ2n) is 7.48. The van der Waals surface area contributed by atoms with E-state index >= 15 is 0 Å². The third kappa shape index (κ3) is 4.33. The van der Waals surface area contributed by atoms with Crippen LogP contribution in [0.25, 0.3) is 0 Å². The van der Waals surface area contributed by atoms with Gasteiger partial charge in [0, 0.05) is 22.2 Å². The van der Waals surface area contributed by atoms with Gasteiger partial charge in [-0.2, -0.15) is 0 Å². The predicted molar refractivity (Wildman–Crippen MR) is 111 cm³/mol. The molecule has 156 valence electrons. The maximum absolute atomic E-state index is 14.2. The van der Waals surface area contributed by atoms with Gasteiger partial charge in [0.2, 0.25) is 0 Å². The minimum atomic E-state index is -0.399. The highest BCUT2D eigenvalue weighted by molar-refractivity contribution is 6.31. The van der Waals surface area contributed by atoms with E-state index in [1.54, 1.807) is 41.3 Å². The Hall–Kier alpha value is -2.86. The van der Waals surface area contributed by atoms with Crippen molar-refractivity contribution in [3.63, 3.8) is 0 Å². The van der Waals surface area contributed by atoms with Crippen molar-refractivity contribution in [3.8, 4) is 5.75 Å². The zero-order chi connectivity index (χ0) is 21.3. The Morgan fingerprint density at radius 1 is 1.20 bits per heavy atom. The number of hydrogen-bond acceptors (Lipinski definition) is 4. The molecule has 0 aliphatic heterocycles. The predicted octanol–water partition coefficient (Wildman–Crippen LogP) is 5.47. The molecule has 0 spiro atoms. The van der Waals surface area contributed by atoms with Gasteiger partial charge in [0.25, 0.3) is 5.91 Å². The summed E-state index contributed by atoms with van der Waals surface area (Å²) in [5.41, 5.74) is 2.58. The molecule has 1 fully saturated rings. The summed E-state index contributed by atoms with van der Waals surface area (Å²) in [7, 11) is 0. The summed E-state index contributed by atoms with van der Waals surface area (Å²) in [6.07, 6.45) is 1.83. The van der Waals surface area contributed by atoms with Crippen LogP contribution in [0.1, 0.15) is 45.8 Å². The third-order valence-corrected chi connectivity index (χ3v) is 5.66. The van der Waals surface area contributed by atoms with Crippen molar-refractivity contribution in [2.24, 2.45) is 0 Å². The highest BCUT2D eigenvalue weighted by Gasteiger charge is 2.34. The maximum Gasteiger partial charge on any atom is 0.254 e. The van der Waals surface area contributed by atoms with Crippen molar-refractivity contribution >= 4 is 17.5 Å². The summed E-state index contributed by atoms with van der Waals surface area (Å²) in [6.45, 7) is 4.20. The first-order valence-corrected chi connectivity index (χ1v) is 10.2. The lowest BCUT2D eigenvalue weighted by Crippen LogP contribution is -2.33. The zero-order valence-corrected chi connectivity index (χ0v) is 17.6. The molecule has 0 N–H and O–H groups in total. The summed E-state index contributed by atoms with van der Waals surface area (Å²) in [6, 6.07) is 11.6. The molecule has 1 aliphatic carbocycles. The van der Waals surface area contributed by atoms with Gasteiger partial charge in [-0.3, -0.25) is 4.79 Å². The average molecular weight is 429 g/mol. The highest BCUT2D eigenvalue weighted by atomic mass is 35.5. The van der Waals surface area contributed by atoms with E-state index in [2.05, 4.69) is 5.16 Å². The van der Waals surface area contributed by atoms with Crippen molar-refractivity contribution < 1.29 is 18.4 Å². The van der Waals surface area contributed by atoms with Gasteiger partial charge in [0.05, 0.1) is 17.8 Å². The average Bonchev–Trinajstić information content (AvgIpc) is 3.52. The summed E-state index contributed by atoms with van der Waals surface area (Å²) < 4.78 is 25.2. The Balaban J connectivity index is 1.46. The molecule has 5 nitrogen and oxygen atoms in total. The van der Waals surface area contributed by atoms with E-state index in [1.165, 1.54) is 6.07 Å². The van der Waals surface area contributed by atoms with Gasteiger partial charge in [-0.25, -0.2) is 4.39 Å². The number of aromatic nitrogens is 1. The molecule has 0 unspecified atom stereocenters. The Morgan fingerprint density at radius 2 is 1.93 bits per heavy atom. The number of amides is 1. The molecule has 2 aromatic carbocycles. The fourth-order valence-electron chi connectivity index (χ4n) is 3.33. The molecular formula is C23H22ClFN2O3. The first kappa shape index (κ1) is 20.4. The smallest absolute Gasteiger partial charge is 0.254 e. The number of carbonyl (C=O) groups excluding carboxylic acids is 1. The van der Waals surface area contributed by atoms with E-state index in [0.29, 0.717) is 28.5 Å². The summed E-state index contributed by atoms with van der Waals surface area (Å²) >= 11 is 6.16. The van der Waals surface area contributed by atoms with Gasteiger partial charge < -0.3 is 14.2 Å². The summed E-state index contributed by atoms with van der Waals surface area (Å²) in [4.78, 5) is 14.8. The largest absolute Gasteiger partial charge is 0.489 e. The lowest BCUT2D eigenvalue weighted by atomic mass is 10.1. The first-order valence-electron chi connectivity index (χ1n) is 9.82. The van der Waals surface area contributed by atoms with Crippen molar-refractivity contribution in [1.29, 1.82) is 0 Å². The number of halogens is 2. The Morgan fingerprint density at radius 3 is 2.53 bits per heavy atom. The number of carbonyl (C=O) groups is 1. The van der Waals surface area contributed by atoms with Crippen LogP contribution in [0.3, 0.4) is 0 Å². The van der Waals surface area contributed by atoms with Crippen LogP contribution in [0, 0.1) is 19.7 Å². The standard InChI is InChI=1S/C23H22ClFN2O3/c1-14-20(15(2)30-26-14)13-29-18-10-6-16(7-11-18)23(28)27(17-8-9-17)12-19-21(24)4-3-5-22(19)25/h3-7,10-11,17H,8-9,12-13H2,1-2H3. The van der Waals surface area contributed by atoms with E-state index in [9.17, 15) is 9.18 Å². The molecule has 7 heteroatoms. The summed E-state index contributed by atoms with van der Waals surface area (Å²) in [5.74, 6) is 0.825. The molecule has 4 rings (SSSR count). The molecule has 0 atom stereocenters. The number of ether oxygens (including phenoxy) is 1. The van der Waals surface area contributed by atoms with Crippen LogP contribution < -0.4 is 4.74 Å². The Kier molecular flexibility index (Phi) is 5.77. The van der Waals surface area contributed by atoms with Gasteiger partial charge in [0.15, 0.2) is 0 Å². The van der Waals surface area contributed by atoms with E-state index in [1.807, 2.05) is 13.8 Å². The van der Waals surface area contributed by atoms with E-state index in [-0.39, 0.29) is 18.5 Å². The normalized spacial score (nSPS) is 13.3. The number of benzene rings is 2. The van der Waals surface area contributed by atoms with Crippen LogP contribution in [-0.4, -0.2) is 22.0 Å². The molecule has 1 aromatic heterocycles. The van der Waals surface area contributed by atoms with Gasteiger partial charge in [-0.05, 0) is 63.1 Å². The lowest BCUT2D eigenvalue weighted by Gasteiger charge is -2.23. The van der Waals surface area contributed by atoms with E-state index in [0.717, 1.165) is 29.9 Å². The topological polar surface area (TPSA) is 55.6 Å². The van der Waals surface area contributed by atoms with Gasteiger partial charge in [-0.15, -0.1) is 0 Å². The molecule has 1 amide bonds. The van der Waals surface area contributed by atoms with E-state index < -0.39 is 5.82 Å². The maximum atomic E-state index is 14.2. The number of rotatable bonds is 7. The number of aryl methyl sites for hydroxylation is 2.